The van der Waals surface area contributed by atoms with E-state index in [2.05, 4.69) is 26.9 Å². The normalized spacial score (nSPS) is 17.2. The Morgan fingerprint density at radius 2 is 2.06 bits per heavy atom. The molecule has 1 aliphatic heterocycles. The smallest absolute Gasteiger partial charge is 0.101 e. The Kier molecular flexibility index (Phi) is 3.47. The van der Waals surface area contributed by atoms with Crippen molar-refractivity contribution in [3.8, 4) is 6.07 Å². The van der Waals surface area contributed by atoms with E-state index in [-0.39, 0.29) is 6.10 Å². The van der Waals surface area contributed by atoms with Gasteiger partial charge in [0.15, 0.2) is 0 Å². The van der Waals surface area contributed by atoms with Gasteiger partial charge in [-0.15, -0.1) is 0 Å². The molecule has 1 saturated heterocycles. The fourth-order valence-corrected chi connectivity index (χ4v) is 2.32. The van der Waals surface area contributed by atoms with Gasteiger partial charge in [-0.1, -0.05) is 15.9 Å². The molecule has 84 valence electrons. The van der Waals surface area contributed by atoms with Crippen LogP contribution in [0.25, 0.3) is 0 Å². The van der Waals surface area contributed by atoms with E-state index in [1.54, 1.807) is 0 Å². The quantitative estimate of drug-likeness (QED) is 0.859. The summed E-state index contributed by atoms with van der Waals surface area (Å²) in [7, 11) is 0. The third-order valence-electron chi connectivity index (χ3n) is 2.89. The zero-order chi connectivity index (χ0) is 11.5. The number of halogens is 1. The van der Waals surface area contributed by atoms with E-state index in [1.165, 1.54) is 0 Å². The van der Waals surface area contributed by atoms with Crippen molar-refractivity contribution >= 4 is 21.6 Å². The molecule has 0 radical (unpaired) electrons. The van der Waals surface area contributed by atoms with Gasteiger partial charge in [0.2, 0.25) is 0 Å². The molecule has 4 heteroatoms. The molecular weight excluding hydrogens is 268 g/mol. The molecule has 1 aromatic carbocycles. The van der Waals surface area contributed by atoms with Crippen molar-refractivity contribution < 1.29 is 5.11 Å². The number of aliphatic hydroxyl groups is 1. The standard InChI is InChI=1S/C12H13BrN2O/c13-10-2-1-9(8-14)12(7-10)15-5-3-11(16)4-6-15/h1-2,7,11,16H,3-6H2. The summed E-state index contributed by atoms with van der Waals surface area (Å²) < 4.78 is 0.979. The zero-order valence-electron chi connectivity index (χ0n) is 8.86. The van der Waals surface area contributed by atoms with Crippen LogP contribution in [0, 0.1) is 11.3 Å². The Bertz CT molecular complexity index is 420. The Morgan fingerprint density at radius 1 is 1.38 bits per heavy atom. The summed E-state index contributed by atoms with van der Waals surface area (Å²) in [4.78, 5) is 2.16. The van der Waals surface area contributed by atoms with Crippen LogP contribution < -0.4 is 4.90 Å². The van der Waals surface area contributed by atoms with Gasteiger partial charge in [0.05, 0.1) is 17.4 Å². The highest BCUT2D eigenvalue weighted by Gasteiger charge is 2.19. The molecule has 0 amide bonds. The van der Waals surface area contributed by atoms with E-state index in [1.807, 2.05) is 18.2 Å². The van der Waals surface area contributed by atoms with Crippen molar-refractivity contribution in [1.82, 2.24) is 0 Å². The molecule has 1 N–H and O–H groups in total. The van der Waals surface area contributed by atoms with Crippen molar-refractivity contribution in [2.75, 3.05) is 18.0 Å². The number of piperidine rings is 1. The molecule has 0 bridgehead atoms. The summed E-state index contributed by atoms with van der Waals surface area (Å²) in [5, 5.41) is 18.5. The molecule has 1 aliphatic rings. The fourth-order valence-electron chi connectivity index (χ4n) is 1.97. The Balaban J connectivity index is 2.26. The first kappa shape index (κ1) is 11.4. The van der Waals surface area contributed by atoms with Crippen molar-refractivity contribution in [1.29, 1.82) is 5.26 Å². The molecule has 0 unspecified atom stereocenters. The number of nitriles is 1. The van der Waals surface area contributed by atoms with Crippen LogP contribution in [0.1, 0.15) is 18.4 Å². The average Bonchev–Trinajstić information content (AvgIpc) is 2.30. The van der Waals surface area contributed by atoms with Crippen LogP contribution in [-0.4, -0.2) is 24.3 Å². The summed E-state index contributed by atoms with van der Waals surface area (Å²) in [6, 6.07) is 7.87. The molecule has 0 aliphatic carbocycles. The average molecular weight is 281 g/mol. The van der Waals surface area contributed by atoms with Gasteiger partial charge in [0.25, 0.3) is 0 Å². The van der Waals surface area contributed by atoms with Crippen molar-refractivity contribution in [2.24, 2.45) is 0 Å². The van der Waals surface area contributed by atoms with E-state index >= 15 is 0 Å². The number of rotatable bonds is 1. The van der Waals surface area contributed by atoms with E-state index in [9.17, 15) is 5.11 Å². The van der Waals surface area contributed by atoms with Crippen LogP contribution in [0.5, 0.6) is 0 Å². The van der Waals surface area contributed by atoms with Crippen LogP contribution in [0.4, 0.5) is 5.69 Å². The second kappa shape index (κ2) is 4.86. The van der Waals surface area contributed by atoms with E-state index in [4.69, 9.17) is 5.26 Å². The number of nitrogens with zero attached hydrogens (tertiary/aromatic N) is 2. The van der Waals surface area contributed by atoms with Crippen molar-refractivity contribution in [3.05, 3.63) is 28.2 Å². The Labute approximate surface area is 103 Å². The molecule has 1 aromatic rings. The van der Waals surface area contributed by atoms with Crippen LogP contribution in [0.3, 0.4) is 0 Å². The Morgan fingerprint density at radius 3 is 2.69 bits per heavy atom. The lowest BCUT2D eigenvalue weighted by Gasteiger charge is -2.32. The van der Waals surface area contributed by atoms with Crippen LogP contribution in [0.2, 0.25) is 0 Å². The van der Waals surface area contributed by atoms with Gasteiger partial charge in [0, 0.05) is 17.6 Å². The van der Waals surface area contributed by atoms with Crippen molar-refractivity contribution in [3.63, 3.8) is 0 Å². The molecule has 0 aromatic heterocycles. The van der Waals surface area contributed by atoms with Crippen LogP contribution in [0.15, 0.2) is 22.7 Å². The van der Waals surface area contributed by atoms with E-state index < -0.39 is 0 Å². The zero-order valence-corrected chi connectivity index (χ0v) is 10.4. The summed E-state index contributed by atoms with van der Waals surface area (Å²) in [5.41, 5.74) is 1.66. The van der Waals surface area contributed by atoms with Crippen LogP contribution >= 0.6 is 15.9 Å². The predicted molar refractivity (Wildman–Crippen MR) is 66.3 cm³/mol. The number of hydrogen-bond donors (Lipinski definition) is 1. The molecule has 3 nitrogen and oxygen atoms in total. The summed E-state index contributed by atoms with van der Waals surface area (Å²) in [5.74, 6) is 0. The Hall–Kier alpha value is -1.05. The first-order chi connectivity index (χ1) is 7.70. The number of aliphatic hydroxyl groups excluding tert-OH is 1. The number of hydrogen-bond acceptors (Lipinski definition) is 3. The molecule has 0 spiro atoms. The summed E-state index contributed by atoms with van der Waals surface area (Å²) in [6.45, 7) is 1.62. The highest BCUT2D eigenvalue weighted by molar-refractivity contribution is 9.10. The van der Waals surface area contributed by atoms with E-state index in [0.29, 0.717) is 5.56 Å². The third kappa shape index (κ3) is 2.37. The van der Waals surface area contributed by atoms with Gasteiger partial charge in [0.1, 0.15) is 6.07 Å². The highest BCUT2D eigenvalue weighted by Crippen LogP contribution is 2.27. The second-order valence-corrected chi connectivity index (χ2v) is 4.91. The maximum absolute atomic E-state index is 9.45. The molecule has 0 atom stereocenters. The largest absolute Gasteiger partial charge is 0.393 e. The lowest BCUT2D eigenvalue weighted by Crippen LogP contribution is -2.36. The monoisotopic (exact) mass is 280 g/mol. The maximum atomic E-state index is 9.45. The molecule has 1 fully saturated rings. The molecule has 16 heavy (non-hydrogen) atoms. The minimum atomic E-state index is -0.186. The van der Waals surface area contributed by atoms with Gasteiger partial charge >= 0.3 is 0 Å². The second-order valence-electron chi connectivity index (χ2n) is 3.99. The van der Waals surface area contributed by atoms with Gasteiger partial charge in [-0.05, 0) is 31.0 Å². The van der Waals surface area contributed by atoms with Gasteiger partial charge in [-0.2, -0.15) is 5.26 Å². The van der Waals surface area contributed by atoms with Crippen molar-refractivity contribution in [2.45, 2.75) is 18.9 Å². The molecule has 1 heterocycles. The summed E-state index contributed by atoms with van der Waals surface area (Å²) >= 11 is 3.42. The lowest BCUT2D eigenvalue weighted by molar-refractivity contribution is 0.145. The number of anilines is 1. The van der Waals surface area contributed by atoms with Gasteiger partial charge in [-0.3, -0.25) is 0 Å². The fraction of sp³-hybridized carbons (Fsp3) is 0.417. The van der Waals surface area contributed by atoms with Gasteiger partial charge in [-0.25, -0.2) is 0 Å². The predicted octanol–water partition coefficient (Wildman–Crippen LogP) is 2.28. The van der Waals surface area contributed by atoms with Crippen LogP contribution in [-0.2, 0) is 0 Å². The van der Waals surface area contributed by atoms with Gasteiger partial charge < -0.3 is 10.0 Å². The summed E-state index contributed by atoms with van der Waals surface area (Å²) in [6.07, 6.45) is 1.36. The number of benzene rings is 1. The topological polar surface area (TPSA) is 47.3 Å². The minimum absolute atomic E-state index is 0.186. The SMILES string of the molecule is N#Cc1ccc(Br)cc1N1CCC(O)CC1. The maximum Gasteiger partial charge on any atom is 0.101 e. The minimum Gasteiger partial charge on any atom is -0.393 e. The lowest BCUT2D eigenvalue weighted by atomic mass is 10.1. The molecule has 2 rings (SSSR count). The van der Waals surface area contributed by atoms with E-state index in [0.717, 1.165) is 36.1 Å². The highest BCUT2D eigenvalue weighted by atomic mass is 79.9. The molecular formula is C12H13BrN2O. The first-order valence-corrected chi connectivity index (χ1v) is 6.12. The third-order valence-corrected chi connectivity index (χ3v) is 3.38. The molecule has 0 saturated carbocycles. The first-order valence-electron chi connectivity index (χ1n) is 5.33.